The summed E-state index contributed by atoms with van der Waals surface area (Å²) in [7, 11) is 3.10. The van der Waals surface area contributed by atoms with Crippen LogP contribution in [0.4, 0.5) is 5.69 Å². The molecule has 1 heterocycles. The number of carbonyl (C=O) groups excluding carboxylic acids is 1. The highest BCUT2D eigenvalue weighted by atomic mass is 16.5. The molecule has 4 rings (SSSR count). The van der Waals surface area contributed by atoms with E-state index in [4.69, 9.17) is 14.5 Å². The Hall–Kier alpha value is -4.26. The fourth-order valence-electron chi connectivity index (χ4n) is 3.91. The molecular weight excluding hydrogens is 440 g/mol. The third-order valence-corrected chi connectivity index (χ3v) is 6.06. The minimum Gasteiger partial charge on any atom is -0.493 e. The Morgan fingerprint density at radius 3 is 2.57 bits per heavy atom. The Balaban J connectivity index is 1.57. The second-order valence-corrected chi connectivity index (χ2v) is 8.24. The van der Waals surface area contributed by atoms with Crippen molar-refractivity contribution in [2.45, 2.75) is 20.3 Å². The van der Waals surface area contributed by atoms with Gasteiger partial charge in [0.05, 0.1) is 14.2 Å². The van der Waals surface area contributed by atoms with E-state index in [-0.39, 0.29) is 5.91 Å². The molecule has 35 heavy (non-hydrogen) atoms. The van der Waals surface area contributed by atoms with Crippen LogP contribution in [0.1, 0.15) is 27.0 Å². The fourth-order valence-corrected chi connectivity index (χ4v) is 3.91. The summed E-state index contributed by atoms with van der Waals surface area (Å²) in [5.41, 5.74) is 5.86. The van der Waals surface area contributed by atoms with Crippen molar-refractivity contribution in [2.24, 2.45) is 4.99 Å². The van der Waals surface area contributed by atoms with Crippen LogP contribution in [-0.4, -0.2) is 37.6 Å². The molecule has 7 nitrogen and oxygen atoms in total. The Labute approximate surface area is 205 Å². The van der Waals surface area contributed by atoms with E-state index in [9.17, 15) is 4.79 Å². The van der Waals surface area contributed by atoms with Crippen LogP contribution in [0.3, 0.4) is 0 Å². The zero-order valence-corrected chi connectivity index (χ0v) is 20.4. The maximum Gasteiger partial charge on any atom is 0.258 e. The highest BCUT2D eigenvalue weighted by Gasteiger charge is 2.14. The normalized spacial score (nSPS) is 11.4. The number of nitrogens with zero attached hydrogens (tertiary/aromatic N) is 1. The number of aromatic amines is 1. The molecule has 0 aliphatic rings. The number of anilines is 1. The molecule has 1 aromatic heterocycles. The maximum atomic E-state index is 13.1. The molecule has 0 aliphatic heterocycles. The predicted molar refractivity (Wildman–Crippen MR) is 141 cm³/mol. The van der Waals surface area contributed by atoms with E-state index in [0.29, 0.717) is 29.6 Å². The van der Waals surface area contributed by atoms with Gasteiger partial charge >= 0.3 is 0 Å². The van der Waals surface area contributed by atoms with Gasteiger partial charge in [0, 0.05) is 34.9 Å². The quantitative estimate of drug-likeness (QED) is 0.255. The Kier molecular flexibility index (Phi) is 7.35. The Morgan fingerprint density at radius 2 is 1.77 bits per heavy atom. The molecule has 3 N–H and O–H groups in total. The summed E-state index contributed by atoms with van der Waals surface area (Å²) in [6.45, 7) is 4.59. The molecule has 0 atom stereocenters. The largest absolute Gasteiger partial charge is 0.493 e. The number of para-hydroxylation sites is 1. The third kappa shape index (κ3) is 5.46. The Bertz CT molecular complexity index is 1370. The van der Waals surface area contributed by atoms with Crippen molar-refractivity contribution in [1.29, 1.82) is 0 Å². The lowest BCUT2D eigenvalue weighted by Gasteiger charge is -2.15. The van der Waals surface area contributed by atoms with Crippen LogP contribution in [0, 0.1) is 13.8 Å². The number of aliphatic imine (C=N–C) groups is 1. The molecule has 0 unspecified atom stereocenters. The van der Waals surface area contributed by atoms with Gasteiger partial charge in [-0.15, -0.1) is 0 Å². The summed E-state index contributed by atoms with van der Waals surface area (Å²) in [5, 5.41) is 7.42. The predicted octanol–water partition coefficient (Wildman–Crippen LogP) is 5.24. The summed E-state index contributed by atoms with van der Waals surface area (Å²) < 4.78 is 10.6. The van der Waals surface area contributed by atoms with Gasteiger partial charge < -0.3 is 19.8 Å². The number of benzene rings is 3. The number of H-pyrrole nitrogens is 1. The first-order chi connectivity index (χ1) is 17.0. The number of nitrogens with one attached hydrogen (secondary N) is 3. The fraction of sp³-hybridized carbons (Fsp3) is 0.214. The average Bonchev–Trinajstić information content (AvgIpc) is 3.29. The van der Waals surface area contributed by atoms with E-state index in [0.717, 1.165) is 28.8 Å². The molecular formula is C28H30N4O3. The molecule has 0 saturated carbocycles. The van der Waals surface area contributed by atoms with Gasteiger partial charge in [-0.3, -0.25) is 15.1 Å². The average molecular weight is 471 g/mol. The van der Waals surface area contributed by atoms with Crippen molar-refractivity contribution in [3.05, 3.63) is 89.1 Å². The number of carbonyl (C=O) groups is 1. The first kappa shape index (κ1) is 23.9. The minimum absolute atomic E-state index is 0.297. The molecule has 1 amide bonds. The van der Waals surface area contributed by atoms with Gasteiger partial charge in [-0.2, -0.15) is 0 Å². The second-order valence-electron chi connectivity index (χ2n) is 8.24. The number of hydrogen-bond acceptors (Lipinski definition) is 4. The zero-order valence-electron chi connectivity index (χ0n) is 20.4. The monoisotopic (exact) mass is 470 g/mol. The van der Waals surface area contributed by atoms with Crippen LogP contribution in [-0.2, 0) is 6.42 Å². The van der Waals surface area contributed by atoms with Crippen LogP contribution >= 0.6 is 0 Å². The lowest BCUT2D eigenvalue weighted by molar-refractivity contribution is 0.0976. The van der Waals surface area contributed by atoms with Gasteiger partial charge in [0.1, 0.15) is 0 Å². The van der Waals surface area contributed by atoms with E-state index in [1.54, 1.807) is 32.4 Å². The number of aromatic nitrogens is 1. The van der Waals surface area contributed by atoms with Crippen LogP contribution in [0.15, 0.2) is 71.9 Å². The Morgan fingerprint density at radius 1 is 0.971 bits per heavy atom. The SMILES string of the molecule is COc1ccc(C(=O)NC(=NCCc2c[nH]c3ccccc23)Nc2cccc(C)c2C)cc1OC. The second kappa shape index (κ2) is 10.8. The van der Waals surface area contributed by atoms with Crippen molar-refractivity contribution < 1.29 is 14.3 Å². The molecule has 0 aliphatic carbocycles. The van der Waals surface area contributed by atoms with E-state index in [1.165, 1.54) is 10.9 Å². The van der Waals surface area contributed by atoms with Crippen LogP contribution in [0.25, 0.3) is 10.9 Å². The van der Waals surface area contributed by atoms with E-state index in [1.807, 2.05) is 37.4 Å². The lowest BCUT2D eigenvalue weighted by atomic mass is 10.1. The maximum absolute atomic E-state index is 13.1. The van der Waals surface area contributed by atoms with Crippen molar-refractivity contribution in [3.63, 3.8) is 0 Å². The van der Waals surface area contributed by atoms with Gasteiger partial charge in [0.25, 0.3) is 5.91 Å². The van der Waals surface area contributed by atoms with Gasteiger partial charge in [-0.05, 0) is 67.3 Å². The molecule has 180 valence electrons. The molecule has 0 bridgehead atoms. The number of fused-ring (bicyclic) bond motifs is 1. The summed E-state index contributed by atoms with van der Waals surface area (Å²) in [6, 6.07) is 19.2. The zero-order chi connectivity index (χ0) is 24.8. The van der Waals surface area contributed by atoms with E-state index >= 15 is 0 Å². The number of guanidine groups is 1. The third-order valence-electron chi connectivity index (χ3n) is 6.06. The smallest absolute Gasteiger partial charge is 0.258 e. The summed E-state index contributed by atoms with van der Waals surface area (Å²) >= 11 is 0. The number of aryl methyl sites for hydroxylation is 1. The van der Waals surface area contributed by atoms with Crippen LogP contribution in [0.2, 0.25) is 0 Å². The highest BCUT2D eigenvalue weighted by molar-refractivity contribution is 6.10. The van der Waals surface area contributed by atoms with Crippen molar-refractivity contribution >= 4 is 28.5 Å². The summed E-state index contributed by atoms with van der Waals surface area (Å²) in [5.74, 6) is 1.14. The van der Waals surface area contributed by atoms with E-state index in [2.05, 4.69) is 40.7 Å². The van der Waals surface area contributed by atoms with Gasteiger partial charge in [0.15, 0.2) is 11.5 Å². The van der Waals surface area contributed by atoms with Gasteiger partial charge in [-0.25, -0.2) is 0 Å². The molecule has 0 fully saturated rings. The van der Waals surface area contributed by atoms with Gasteiger partial charge in [0.2, 0.25) is 5.96 Å². The standard InChI is InChI=1S/C28H30N4O3/c1-18-8-7-11-23(19(18)2)31-28(29-15-14-21-17-30-24-10-6-5-9-22(21)24)32-27(33)20-12-13-25(34-3)26(16-20)35-4/h5-13,16-17,30H,14-15H2,1-4H3,(H2,29,31,32,33). The number of hydrogen-bond donors (Lipinski definition) is 3. The molecule has 4 aromatic rings. The minimum atomic E-state index is -0.297. The summed E-state index contributed by atoms with van der Waals surface area (Å²) in [6.07, 6.45) is 2.74. The first-order valence-corrected chi connectivity index (χ1v) is 11.5. The van der Waals surface area contributed by atoms with Crippen LogP contribution in [0.5, 0.6) is 11.5 Å². The van der Waals surface area contributed by atoms with Crippen molar-refractivity contribution in [3.8, 4) is 11.5 Å². The number of rotatable bonds is 7. The lowest BCUT2D eigenvalue weighted by Crippen LogP contribution is -2.36. The first-order valence-electron chi connectivity index (χ1n) is 11.5. The summed E-state index contributed by atoms with van der Waals surface area (Å²) in [4.78, 5) is 21.1. The molecule has 0 spiro atoms. The number of amides is 1. The topological polar surface area (TPSA) is 87.7 Å². The number of methoxy groups -OCH3 is 2. The van der Waals surface area contributed by atoms with Crippen LogP contribution < -0.4 is 20.1 Å². The number of ether oxygens (including phenoxy) is 2. The molecule has 0 saturated heterocycles. The van der Waals surface area contributed by atoms with Crippen molar-refractivity contribution in [2.75, 3.05) is 26.1 Å². The molecule has 0 radical (unpaired) electrons. The van der Waals surface area contributed by atoms with E-state index < -0.39 is 0 Å². The molecule has 3 aromatic carbocycles. The highest BCUT2D eigenvalue weighted by Crippen LogP contribution is 2.27. The molecule has 7 heteroatoms. The van der Waals surface area contributed by atoms with Crippen molar-refractivity contribution in [1.82, 2.24) is 10.3 Å². The van der Waals surface area contributed by atoms with Gasteiger partial charge in [-0.1, -0.05) is 30.3 Å².